The lowest BCUT2D eigenvalue weighted by atomic mass is 9.94. The fraction of sp³-hybridized carbons (Fsp3) is 0.533. The lowest BCUT2D eigenvalue weighted by Crippen LogP contribution is -2.48. The minimum atomic E-state index is -0.656. The summed E-state index contributed by atoms with van der Waals surface area (Å²) >= 11 is 5.22. The number of anilines is 1. The average molecular weight is 314 g/mol. The predicted octanol–water partition coefficient (Wildman–Crippen LogP) is 3.60. The van der Waals surface area contributed by atoms with Gasteiger partial charge in [0, 0.05) is 19.3 Å². The second kappa shape index (κ2) is 7.13. The molecule has 1 aliphatic carbocycles. The third kappa shape index (κ3) is 4.11. The van der Waals surface area contributed by atoms with Crippen LogP contribution in [0.15, 0.2) is 18.2 Å². The zero-order chi connectivity index (χ0) is 15.3. The molecule has 6 heteroatoms. The maximum absolute atomic E-state index is 13.6. The van der Waals surface area contributed by atoms with E-state index in [2.05, 4.69) is 10.6 Å². The molecule has 1 aliphatic rings. The molecular formula is C15H20F2N2OS. The number of methoxy groups -OCH3 is 1. The van der Waals surface area contributed by atoms with Gasteiger partial charge in [0.2, 0.25) is 0 Å². The van der Waals surface area contributed by atoms with E-state index < -0.39 is 11.6 Å². The molecule has 2 N–H and O–H groups in total. The van der Waals surface area contributed by atoms with E-state index in [4.69, 9.17) is 17.0 Å². The normalized spacial score (nSPS) is 16.7. The minimum absolute atomic E-state index is 0.137. The van der Waals surface area contributed by atoms with E-state index in [-0.39, 0.29) is 16.3 Å². The topological polar surface area (TPSA) is 33.3 Å². The molecular weight excluding hydrogens is 294 g/mol. The summed E-state index contributed by atoms with van der Waals surface area (Å²) in [6.45, 7) is 0.629. The number of halogens is 2. The fourth-order valence-corrected chi connectivity index (χ4v) is 3.11. The molecule has 1 fully saturated rings. The van der Waals surface area contributed by atoms with Crippen molar-refractivity contribution in [3.8, 4) is 0 Å². The highest BCUT2D eigenvalue weighted by Crippen LogP contribution is 2.32. The lowest BCUT2D eigenvalue weighted by molar-refractivity contribution is 0.163. The SMILES string of the molecule is COCCC1(NC(=S)Nc2c(F)cccc2F)CCCC1. The van der Waals surface area contributed by atoms with Gasteiger partial charge in [-0.05, 0) is 43.6 Å². The van der Waals surface area contributed by atoms with Gasteiger partial charge in [0.1, 0.15) is 17.3 Å². The van der Waals surface area contributed by atoms with Crippen LogP contribution in [0.5, 0.6) is 0 Å². The van der Waals surface area contributed by atoms with Gasteiger partial charge in [0.15, 0.2) is 5.11 Å². The number of hydrogen-bond acceptors (Lipinski definition) is 2. The van der Waals surface area contributed by atoms with E-state index in [1.807, 2.05) is 0 Å². The Morgan fingerprint density at radius 3 is 2.48 bits per heavy atom. The van der Waals surface area contributed by atoms with Crippen molar-refractivity contribution < 1.29 is 13.5 Å². The van der Waals surface area contributed by atoms with Crippen LogP contribution in [0, 0.1) is 11.6 Å². The first-order valence-corrected chi connectivity index (χ1v) is 7.49. The maximum atomic E-state index is 13.6. The minimum Gasteiger partial charge on any atom is -0.385 e. The van der Waals surface area contributed by atoms with Crippen molar-refractivity contribution in [1.29, 1.82) is 0 Å². The standard InChI is InChI=1S/C15H20F2N2OS/c1-20-10-9-15(7-2-3-8-15)19-14(21)18-13-11(16)5-4-6-12(13)17/h4-6H,2-3,7-10H2,1H3,(H2,18,19,21). The van der Waals surface area contributed by atoms with Crippen molar-refractivity contribution in [3.05, 3.63) is 29.8 Å². The van der Waals surface area contributed by atoms with Crippen LogP contribution in [0.25, 0.3) is 0 Å². The zero-order valence-corrected chi connectivity index (χ0v) is 12.9. The molecule has 1 aromatic rings. The Morgan fingerprint density at radius 1 is 1.29 bits per heavy atom. The number of nitrogens with one attached hydrogen (secondary N) is 2. The number of benzene rings is 1. The summed E-state index contributed by atoms with van der Waals surface area (Å²) < 4.78 is 32.4. The van der Waals surface area contributed by atoms with E-state index in [1.165, 1.54) is 18.2 Å². The van der Waals surface area contributed by atoms with Gasteiger partial charge in [-0.2, -0.15) is 0 Å². The van der Waals surface area contributed by atoms with Gasteiger partial charge >= 0.3 is 0 Å². The summed E-state index contributed by atoms with van der Waals surface area (Å²) in [5.74, 6) is -1.31. The Morgan fingerprint density at radius 2 is 1.90 bits per heavy atom. The lowest BCUT2D eigenvalue weighted by Gasteiger charge is -2.31. The molecule has 116 valence electrons. The fourth-order valence-electron chi connectivity index (χ4n) is 2.79. The predicted molar refractivity (Wildman–Crippen MR) is 83.4 cm³/mol. The third-order valence-corrected chi connectivity index (χ3v) is 4.13. The molecule has 0 unspecified atom stereocenters. The van der Waals surface area contributed by atoms with Gasteiger partial charge < -0.3 is 15.4 Å². The average Bonchev–Trinajstić information content (AvgIpc) is 2.90. The van der Waals surface area contributed by atoms with Gasteiger partial charge in [-0.1, -0.05) is 18.9 Å². The summed E-state index contributed by atoms with van der Waals surface area (Å²) in [7, 11) is 1.66. The molecule has 0 aromatic heterocycles. The summed E-state index contributed by atoms with van der Waals surface area (Å²) in [6.07, 6.45) is 5.03. The Kier molecular flexibility index (Phi) is 5.47. The highest BCUT2D eigenvalue weighted by Gasteiger charge is 2.34. The van der Waals surface area contributed by atoms with Gasteiger partial charge in [-0.3, -0.25) is 0 Å². The Bertz CT molecular complexity index is 484. The van der Waals surface area contributed by atoms with Gasteiger partial charge in [0.25, 0.3) is 0 Å². The van der Waals surface area contributed by atoms with Gasteiger partial charge in [-0.25, -0.2) is 8.78 Å². The summed E-state index contributed by atoms with van der Waals surface area (Å²) in [6, 6.07) is 3.72. The molecule has 0 heterocycles. The largest absolute Gasteiger partial charge is 0.385 e. The molecule has 0 atom stereocenters. The number of para-hydroxylation sites is 1. The Labute approximate surface area is 129 Å². The quantitative estimate of drug-likeness (QED) is 0.814. The number of rotatable bonds is 5. The van der Waals surface area contributed by atoms with Crippen molar-refractivity contribution in [1.82, 2.24) is 5.32 Å². The highest BCUT2D eigenvalue weighted by atomic mass is 32.1. The summed E-state index contributed by atoms with van der Waals surface area (Å²) in [4.78, 5) is 0. The Balaban J connectivity index is 2.03. The van der Waals surface area contributed by atoms with E-state index in [1.54, 1.807) is 7.11 Å². The number of thiocarbonyl (C=S) groups is 1. The van der Waals surface area contributed by atoms with Crippen LogP contribution in [-0.2, 0) is 4.74 Å². The zero-order valence-electron chi connectivity index (χ0n) is 12.0. The molecule has 1 saturated carbocycles. The Hall–Kier alpha value is -1.27. The van der Waals surface area contributed by atoms with E-state index in [0.29, 0.717) is 6.61 Å². The van der Waals surface area contributed by atoms with Crippen molar-refractivity contribution in [2.24, 2.45) is 0 Å². The molecule has 0 bridgehead atoms. The monoisotopic (exact) mass is 314 g/mol. The first-order chi connectivity index (χ1) is 10.1. The van der Waals surface area contributed by atoms with Crippen LogP contribution in [0.3, 0.4) is 0 Å². The second-order valence-corrected chi connectivity index (χ2v) is 5.81. The molecule has 0 amide bonds. The first kappa shape index (κ1) is 16.1. The highest BCUT2D eigenvalue weighted by molar-refractivity contribution is 7.80. The number of ether oxygens (including phenoxy) is 1. The number of hydrogen-bond donors (Lipinski definition) is 2. The molecule has 0 saturated heterocycles. The van der Waals surface area contributed by atoms with Crippen molar-refractivity contribution in [3.63, 3.8) is 0 Å². The second-order valence-electron chi connectivity index (χ2n) is 5.41. The first-order valence-electron chi connectivity index (χ1n) is 7.08. The molecule has 1 aromatic carbocycles. The van der Waals surface area contributed by atoms with Crippen LogP contribution in [-0.4, -0.2) is 24.4 Å². The molecule has 0 spiro atoms. The molecule has 21 heavy (non-hydrogen) atoms. The maximum Gasteiger partial charge on any atom is 0.171 e. The van der Waals surface area contributed by atoms with Crippen LogP contribution in [0.2, 0.25) is 0 Å². The van der Waals surface area contributed by atoms with Gasteiger partial charge in [-0.15, -0.1) is 0 Å². The molecule has 2 rings (SSSR count). The van der Waals surface area contributed by atoms with Crippen LogP contribution >= 0.6 is 12.2 Å². The van der Waals surface area contributed by atoms with Gasteiger partial charge in [0.05, 0.1) is 0 Å². The van der Waals surface area contributed by atoms with Crippen LogP contribution < -0.4 is 10.6 Å². The van der Waals surface area contributed by atoms with E-state index >= 15 is 0 Å². The van der Waals surface area contributed by atoms with Crippen LogP contribution in [0.4, 0.5) is 14.5 Å². The van der Waals surface area contributed by atoms with E-state index in [0.717, 1.165) is 32.1 Å². The van der Waals surface area contributed by atoms with Crippen molar-refractivity contribution in [2.75, 3.05) is 19.0 Å². The van der Waals surface area contributed by atoms with Crippen molar-refractivity contribution in [2.45, 2.75) is 37.6 Å². The molecule has 0 radical (unpaired) electrons. The summed E-state index contributed by atoms with van der Waals surface area (Å²) in [5.41, 5.74) is -0.350. The summed E-state index contributed by atoms with van der Waals surface area (Å²) in [5, 5.41) is 6.12. The smallest absolute Gasteiger partial charge is 0.171 e. The molecule has 0 aliphatic heterocycles. The van der Waals surface area contributed by atoms with Crippen LogP contribution in [0.1, 0.15) is 32.1 Å². The van der Waals surface area contributed by atoms with Crippen molar-refractivity contribution >= 4 is 23.0 Å². The van der Waals surface area contributed by atoms with E-state index in [9.17, 15) is 8.78 Å². The molecule has 3 nitrogen and oxygen atoms in total. The third-order valence-electron chi connectivity index (χ3n) is 3.93.